The predicted octanol–water partition coefficient (Wildman–Crippen LogP) is 2.65. The second-order valence-corrected chi connectivity index (χ2v) is 6.51. The predicted molar refractivity (Wildman–Crippen MR) is 93.3 cm³/mol. The second-order valence-electron chi connectivity index (χ2n) is 6.51. The molecule has 132 valence electrons. The highest BCUT2D eigenvalue weighted by Crippen LogP contribution is 2.23. The van der Waals surface area contributed by atoms with Crippen molar-refractivity contribution in [3.8, 4) is 0 Å². The Kier molecular flexibility index (Phi) is 4.26. The second kappa shape index (κ2) is 6.72. The van der Waals surface area contributed by atoms with Crippen LogP contribution in [0.25, 0.3) is 0 Å². The third-order valence-corrected chi connectivity index (χ3v) is 4.73. The lowest BCUT2D eigenvalue weighted by atomic mass is 10.1. The molecule has 2 aliphatic rings. The van der Waals surface area contributed by atoms with Gasteiger partial charge < -0.3 is 4.84 Å². The highest BCUT2D eigenvalue weighted by atomic mass is 16.7. The molecule has 0 bridgehead atoms. The minimum Gasteiger partial charge on any atom is -0.324 e. The van der Waals surface area contributed by atoms with E-state index in [4.69, 9.17) is 4.84 Å². The highest BCUT2D eigenvalue weighted by Gasteiger charge is 2.38. The molecule has 26 heavy (non-hydrogen) atoms. The fourth-order valence-corrected chi connectivity index (χ4v) is 3.33. The number of fused-ring (bicyclic) bond motifs is 1. The number of hydrogen-bond acceptors (Lipinski definition) is 5. The van der Waals surface area contributed by atoms with Gasteiger partial charge in [0.1, 0.15) is 0 Å². The van der Waals surface area contributed by atoms with Crippen molar-refractivity contribution in [2.24, 2.45) is 0 Å². The maximum absolute atomic E-state index is 12.3. The van der Waals surface area contributed by atoms with Gasteiger partial charge in [-0.25, -0.2) is 4.79 Å². The molecule has 1 fully saturated rings. The Morgan fingerprint density at radius 2 is 1.46 bits per heavy atom. The summed E-state index contributed by atoms with van der Waals surface area (Å²) in [4.78, 5) is 44.2. The van der Waals surface area contributed by atoms with Crippen LogP contribution in [0.1, 0.15) is 49.5 Å². The monoisotopic (exact) mass is 350 g/mol. The zero-order valence-electron chi connectivity index (χ0n) is 14.2. The number of amides is 2. The first-order chi connectivity index (χ1) is 12.6. The third-order valence-electron chi connectivity index (χ3n) is 4.73. The Labute approximate surface area is 150 Å². The van der Waals surface area contributed by atoms with Crippen LogP contribution < -0.4 is 0 Å². The zero-order valence-corrected chi connectivity index (χ0v) is 14.2. The van der Waals surface area contributed by atoms with E-state index in [2.05, 4.69) is 4.90 Å². The summed E-state index contributed by atoms with van der Waals surface area (Å²) in [6.45, 7) is 3.06. The van der Waals surface area contributed by atoms with Crippen molar-refractivity contribution in [1.29, 1.82) is 0 Å². The number of hydrogen-bond donors (Lipinski definition) is 0. The van der Waals surface area contributed by atoms with Crippen molar-refractivity contribution in [2.75, 3.05) is 13.1 Å². The van der Waals surface area contributed by atoms with E-state index in [1.165, 1.54) is 25.0 Å². The summed E-state index contributed by atoms with van der Waals surface area (Å²) in [7, 11) is 0. The topological polar surface area (TPSA) is 66.9 Å². The lowest BCUT2D eigenvalue weighted by molar-refractivity contribution is -0.0584. The molecule has 0 spiro atoms. The summed E-state index contributed by atoms with van der Waals surface area (Å²) in [5.74, 6) is -1.97. The van der Waals surface area contributed by atoms with Gasteiger partial charge in [-0.15, -0.1) is 0 Å². The number of likely N-dealkylation sites (tertiary alicyclic amines) is 1. The molecule has 0 radical (unpaired) electrons. The molecule has 6 nitrogen and oxygen atoms in total. The molecular formula is C20H18N2O4. The molecular weight excluding hydrogens is 332 g/mol. The molecule has 0 aromatic heterocycles. The Bertz CT molecular complexity index is 835. The van der Waals surface area contributed by atoms with Gasteiger partial charge in [0.05, 0.1) is 16.7 Å². The Hall–Kier alpha value is -2.99. The molecule has 1 saturated heterocycles. The van der Waals surface area contributed by atoms with E-state index in [1.807, 2.05) is 12.1 Å². The first kappa shape index (κ1) is 16.5. The normalized spacial score (nSPS) is 16.8. The number of benzene rings is 2. The van der Waals surface area contributed by atoms with Crippen molar-refractivity contribution >= 4 is 17.8 Å². The average Bonchev–Trinajstić information content (AvgIpc) is 3.25. The minimum atomic E-state index is -0.729. The van der Waals surface area contributed by atoms with Crippen molar-refractivity contribution in [3.63, 3.8) is 0 Å². The van der Waals surface area contributed by atoms with Crippen molar-refractivity contribution in [3.05, 3.63) is 70.8 Å². The smallest absolute Gasteiger partial charge is 0.324 e. The van der Waals surface area contributed by atoms with Crippen molar-refractivity contribution < 1.29 is 19.2 Å². The Morgan fingerprint density at radius 1 is 0.885 bits per heavy atom. The van der Waals surface area contributed by atoms with Crippen LogP contribution in [0.15, 0.2) is 48.5 Å². The number of rotatable bonds is 4. The van der Waals surface area contributed by atoms with Gasteiger partial charge in [-0.2, -0.15) is 0 Å². The molecule has 2 aliphatic heterocycles. The van der Waals surface area contributed by atoms with Crippen LogP contribution in [0.2, 0.25) is 0 Å². The summed E-state index contributed by atoms with van der Waals surface area (Å²) in [6, 6.07) is 13.5. The first-order valence-corrected chi connectivity index (χ1v) is 8.65. The summed E-state index contributed by atoms with van der Waals surface area (Å²) >= 11 is 0. The summed E-state index contributed by atoms with van der Waals surface area (Å²) in [6.07, 6.45) is 2.45. The van der Waals surface area contributed by atoms with Crippen molar-refractivity contribution in [1.82, 2.24) is 9.96 Å². The largest absolute Gasteiger partial charge is 0.363 e. The van der Waals surface area contributed by atoms with Crippen LogP contribution >= 0.6 is 0 Å². The van der Waals surface area contributed by atoms with Gasteiger partial charge in [0.25, 0.3) is 11.8 Å². The third kappa shape index (κ3) is 2.99. The molecule has 6 heteroatoms. The van der Waals surface area contributed by atoms with Crippen LogP contribution in [0.3, 0.4) is 0 Å². The number of hydroxylamine groups is 2. The van der Waals surface area contributed by atoms with Crippen LogP contribution in [-0.2, 0) is 11.4 Å². The van der Waals surface area contributed by atoms with E-state index in [-0.39, 0.29) is 11.1 Å². The molecule has 2 amide bonds. The lowest BCUT2D eigenvalue weighted by Gasteiger charge is -2.15. The number of carbonyl (C=O) groups excluding carboxylic acids is 3. The van der Waals surface area contributed by atoms with E-state index in [9.17, 15) is 14.4 Å². The van der Waals surface area contributed by atoms with E-state index in [0.717, 1.165) is 25.2 Å². The maximum atomic E-state index is 12.3. The van der Waals surface area contributed by atoms with Crippen LogP contribution in [0.4, 0.5) is 0 Å². The molecule has 0 atom stereocenters. The van der Waals surface area contributed by atoms with E-state index < -0.39 is 17.8 Å². The molecule has 0 N–H and O–H groups in total. The molecule has 2 aromatic carbocycles. The fourth-order valence-electron chi connectivity index (χ4n) is 3.33. The molecule has 0 saturated carbocycles. The zero-order chi connectivity index (χ0) is 18.1. The number of imide groups is 1. The maximum Gasteiger partial charge on any atom is 0.363 e. The molecule has 4 rings (SSSR count). The van der Waals surface area contributed by atoms with Gasteiger partial charge in [-0.1, -0.05) is 29.3 Å². The molecule has 2 aromatic rings. The van der Waals surface area contributed by atoms with Gasteiger partial charge in [-0.3, -0.25) is 14.5 Å². The summed E-state index contributed by atoms with van der Waals surface area (Å²) < 4.78 is 0. The summed E-state index contributed by atoms with van der Waals surface area (Å²) in [5, 5.41) is 0.533. The number of nitrogens with zero attached hydrogens (tertiary/aromatic N) is 2. The van der Waals surface area contributed by atoms with Gasteiger partial charge >= 0.3 is 5.97 Å². The average molecular weight is 350 g/mol. The van der Waals surface area contributed by atoms with Crippen LogP contribution in [-0.4, -0.2) is 40.8 Å². The highest BCUT2D eigenvalue weighted by molar-refractivity contribution is 6.21. The quantitative estimate of drug-likeness (QED) is 0.793. The van der Waals surface area contributed by atoms with Crippen molar-refractivity contribution in [2.45, 2.75) is 19.4 Å². The fraction of sp³-hybridized carbons (Fsp3) is 0.250. The van der Waals surface area contributed by atoms with Crippen LogP contribution in [0, 0.1) is 0 Å². The number of carbonyl (C=O) groups is 3. The lowest BCUT2D eigenvalue weighted by Crippen LogP contribution is -2.32. The van der Waals surface area contributed by atoms with Gasteiger partial charge in [0.15, 0.2) is 0 Å². The molecule has 0 unspecified atom stereocenters. The van der Waals surface area contributed by atoms with E-state index in [0.29, 0.717) is 10.6 Å². The Morgan fingerprint density at radius 3 is 2.04 bits per heavy atom. The van der Waals surface area contributed by atoms with E-state index in [1.54, 1.807) is 24.3 Å². The SMILES string of the molecule is O=C(ON1C(=O)c2ccccc2C1=O)c1ccc(CN2CCCC2)cc1. The summed E-state index contributed by atoms with van der Waals surface area (Å²) in [5.41, 5.74) is 1.90. The minimum absolute atomic E-state index is 0.242. The van der Waals surface area contributed by atoms with E-state index >= 15 is 0 Å². The molecule has 0 aliphatic carbocycles. The Balaban J connectivity index is 1.44. The van der Waals surface area contributed by atoms with Gasteiger partial charge in [0.2, 0.25) is 0 Å². The van der Waals surface area contributed by atoms with Gasteiger partial charge in [0, 0.05) is 6.54 Å². The molecule has 2 heterocycles. The first-order valence-electron chi connectivity index (χ1n) is 8.65. The van der Waals surface area contributed by atoms with Gasteiger partial charge in [-0.05, 0) is 55.8 Å². The van der Waals surface area contributed by atoms with Crippen LogP contribution in [0.5, 0.6) is 0 Å². The standard InChI is InChI=1S/C20H18N2O4/c23-18-16-5-1-2-6-17(16)19(24)22(18)26-20(25)15-9-7-14(8-10-15)13-21-11-3-4-12-21/h1-2,5-10H,3-4,11-13H2.